The van der Waals surface area contributed by atoms with Crippen molar-refractivity contribution >= 4 is 23.4 Å². The molecular weight excluding hydrogens is 266 g/mol. The van der Waals surface area contributed by atoms with E-state index in [4.69, 9.17) is 11.6 Å². The van der Waals surface area contributed by atoms with E-state index in [1.54, 1.807) is 0 Å². The number of aliphatic hydroxyl groups is 1. The van der Waals surface area contributed by atoms with Crippen LogP contribution in [0.1, 0.15) is 25.7 Å². The highest BCUT2D eigenvalue weighted by atomic mass is 35.5. The molecule has 0 spiro atoms. The standard InChI is InChI=1S/C14H20ClNOS/c1-16-14(10-17)8-2-3-13(9-14)18-12-6-4-11(15)5-7-12/h4-7,13,16-17H,2-3,8-10H2,1H3. The predicted octanol–water partition coefficient (Wildman–Crippen LogP) is 3.33. The van der Waals surface area contributed by atoms with E-state index in [1.165, 1.54) is 17.7 Å². The summed E-state index contributed by atoms with van der Waals surface area (Å²) in [6.07, 6.45) is 4.48. The van der Waals surface area contributed by atoms with Gasteiger partial charge in [0.05, 0.1) is 6.61 Å². The molecule has 2 rings (SSSR count). The monoisotopic (exact) mass is 285 g/mol. The maximum atomic E-state index is 9.57. The Labute approximate surface area is 118 Å². The normalized spacial score (nSPS) is 28.3. The molecule has 2 unspecified atom stereocenters. The summed E-state index contributed by atoms with van der Waals surface area (Å²) in [6, 6.07) is 8.01. The van der Waals surface area contributed by atoms with Crippen LogP contribution < -0.4 is 5.32 Å². The van der Waals surface area contributed by atoms with Gasteiger partial charge in [0.15, 0.2) is 0 Å². The Hall–Kier alpha value is -0.220. The number of nitrogens with one attached hydrogen (secondary N) is 1. The number of aliphatic hydroxyl groups excluding tert-OH is 1. The van der Waals surface area contributed by atoms with Crippen molar-refractivity contribution in [1.29, 1.82) is 0 Å². The van der Waals surface area contributed by atoms with E-state index >= 15 is 0 Å². The fraction of sp³-hybridized carbons (Fsp3) is 0.571. The smallest absolute Gasteiger partial charge is 0.0613 e. The van der Waals surface area contributed by atoms with Crippen molar-refractivity contribution in [2.24, 2.45) is 0 Å². The first-order valence-electron chi connectivity index (χ1n) is 6.39. The van der Waals surface area contributed by atoms with Gasteiger partial charge >= 0.3 is 0 Å². The van der Waals surface area contributed by atoms with Crippen molar-refractivity contribution in [1.82, 2.24) is 5.32 Å². The highest BCUT2D eigenvalue weighted by molar-refractivity contribution is 8.00. The van der Waals surface area contributed by atoms with Gasteiger partial charge in [0.1, 0.15) is 0 Å². The Morgan fingerprint density at radius 3 is 2.78 bits per heavy atom. The second-order valence-electron chi connectivity index (χ2n) is 4.98. The maximum absolute atomic E-state index is 9.57. The van der Waals surface area contributed by atoms with Crippen molar-refractivity contribution in [3.63, 3.8) is 0 Å². The van der Waals surface area contributed by atoms with Gasteiger partial charge in [-0.15, -0.1) is 11.8 Å². The van der Waals surface area contributed by atoms with E-state index in [0.717, 1.165) is 17.9 Å². The van der Waals surface area contributed by atoms with Crippen molar-refractivity contribution < 1.29 is 5.11 Å². The molecule has 100 valence electrons. The van der Waals surface area contributed by atoms with Crippen LogP contribution in [0.2, 0.25) is 5.02 Å². The molecule has 0 heterocycles. The lowest BCUT2D eigenvalue weighted by Gasteiger charge is -2.39. The summed E-state index contributed by atoms with van der Waals surface area (Å²) in [5.41, 5.74) is -0.0810. The van der Waals surface area contributed by atoms with E-state index in [2.05, 4.69) is 17.4 Å². The zero-order valence-corrected chi connectivity index (χ0v) is 12.2. The number of likely N-dealkylation sites (N-methyl/N-ethyl adjacent to an activating group) is 1. The number of thioether (sulfide) groups is 1. The molecule has 0 amide bonds. The number of hydrogen-bond donors (Lipinski definition) is 2. The Balaban J connectivity index is 1.99. The van der Waals surface area contributed by atoms with Gasteiger partial charge in [0, 0.05) is 20.7 Å². The largest absolute Gasteiger partial charge is 0.394 e. The van der Waals surface area contributed by atoms with Gasteiger partial charge in [-0.05, 0) is 50.6 Å². The van der Waals surface area contributed by atoms with Crippen molar-refractivity contribution in [2.75, 3.05) is 13.7 Å². The summed E-state index contributed by atoms with van der Waals surface area (Å²) in [5.74, 6) is 0. The van der Waals surface area contributed by atoms with Gasteiger partial charge in [-0.3, -0.25) is 0 Å². The third-order valence-corrected chi connectivity index (χ3v) is 5.28. The SMILES string of the molecule is CNC1(CO)CCCC(Sc2ccc(Cl)cc2)C1. The van der Waals surface area contributed by atoms with Crippen molar-refractivity contribution in [2.45, 2.75) is 41.4 Å². The molecule has 0 aromatic heterocycles. The molecule has 2 N–H and O–H groups in total. The molecule has 1 aliphatic rings. The molecule has 0 radical (unpaired) electrons. The van der Waals surface area contributed by atoms with E-state index in [9.17, 15) is 5.11 Å². The van der Waals surface area contributed by atoms with Crippen LogP contribution in [0.15, 0.2) is 29.2 Å². The second-order valence-corrected chi connectivity index (χ2v) is 6.79. The zero-order valence-electron chi connectivity index (χ0n) is 10.7. The second kappa shape index (κ2) is 6.29. The van der Waals surface area contributed by atoms with Gasteiger partial charge in [-0.25, -0.2) is 0 Å². The number of rotatable bonds is 4. The lowest BCUT2D eigenvalue weighted by Crippen LogP contribution is -2.50. The van der Waals surface area contributed by atoms with Gasteiger partial charge in [0.2, 0.25) is 0 Å². The minimum absolute atomic E-state index is 0.0810. The number of hydrogen-bond acceptors (Lipinski definition) is 3. The quantitative estimate of drug-likeness (QED) is 0.890. The highest BCUT2D eigenvalue weighted by Crippen LogP contribution is 2.38. The number of halogens is 1. The van der Waals surface area contributed by atoms with Crippen LogP contribution in [0.3, 0.4) is 0 Å². The summed E-state index contributed by atoms with van der Waals surface area (Å²) in [5, 5.41) is 14.2. The van der Waals surface area contributed by atoms with Gasteiger partial charge in [-0.2, -0.15) is 0 Å². The Morgan fingerprint density at radius 1 is 1.44 bits per heavy atom. The fourth-order valence-electron chi connectivity index (χ4n) is 2.56. The van der Waals surface area contributed by atoms with E-state index < -0.39 is 0 Å². The van der Waals surface area contributed by atoms with Crippen LogP contribution in [0, 0.1) is 0 Å². The molecule has 1 saturated carbocycles. The summed E-state index contributed by atoms with van der Waals surface area (Å²) in [7, 11) is 1.95. The van der Waals surface area contributed by atoms with Crippen LogP contribution >= 0.6 is 23.4 Å². The molecule has 1 aliphatic carbocycles. The lowest BCUT2D eigenvalue weighted by atomic mass is 9.82. The van der Waals surface area contributed by atoms with Crippen molar-refractivity contribution in [3.05, 3.63) is 29.3 Å². The molecule has 0 saturated heterocycles. The molecule has 1 fully saturated rings. The van der Waals surface area contributed by atoms with Crippen LogP contribution in [0.4, 0.5) is 0 Å². The maximum Gasteiger partial charge on any atom is 0.0613 e. The van der Waals surface area contributed by atoms with E-state index in [1.807, 2.05) is 30.9 Å². The summed E-state index contributed by atoms with van der Waals surface area (Å²) >= 11 is 7.79. The molecule has 2 nitrogen and oxygen atoms in total. The van der Waals surface area contributed by atoms with Gasteiger partial charge in [0.25, 0.3) is 0 Å². The Morgan fingerprint density at radius 2 is 2.17 bits per heavy atom. The molecule has 1 aromatic rings. The van der Waals surface area contributed by atoms with Crippen LogP contribution in [-0.4, -0.2) is 29.5 Å². The molecule has 0 bridgehead atoms. The predicted molar refractivity (Wildman–Crippen MR) is 78.4 cm³/mol. The van der Waals surface area contributed by atoms with Crippen LogP contribution in [0.25, 0.3) is 0 Å². The molecule has 2 atom stereocenters. The van der Waals surface area contributed by atoms with Crippen molar-refractivity contribution in [3.8, 4) is 0 Å². The first-order chi connectivity index (χ1) is 8.67. The summed E-state index contributed by atoms with van der Waals surface area (Å²) < 4.78 is 0. The first kappa shape index (κ1) is 14.2. The molecule has 4 heteroatoms. The van der Waals surface area contributed by atoms with Crippen LogP contribution in [0.5, 0.6) is 0 Å². The summed E-state index contributed by atoms with van der Waals surface area (Å²) in [6.45, 7) is 0.223. The minimum Gasteiger partial charge on any atom is -0.394 e. The third kappa shape index (κ3) is 3.41. The molecule has 0 aliphatic heterocycles. The van der Waals surface area contributed by atoms with Gasteiger partial charge in [-0.1, -0.05) is 18.0 Å². The van der Waals surface area contributed by atoms with E-state index in [-0.39, 0.29) is 12.1 Å². The lowest BCUT2D eigenvalue weighted by molar-refractivity contribution is 0.131. The average molecular weight is 286 g/mol. The van der Waals surface area contributed by atoms with E-state index in [0.29, 0.717) is 5.25 Å². The zero-order chi connectivity index (χ0) is 13.0. The molecular formula is C14H20ClNOS. The first-order valence-corrected chi connectivity index (χ1v) is 7.65. The minimum atomic E-state index is -0.0810. The summed E-state index contributed by atoms with van der Waals surface area (Å²) in [4.78, 5) is 1.26. The third-order valence-electron chi connectivity index (χ3n) is 3.75. The Bertz CT molecular complexity index is 378. The topological polar surface area (TPSA) is 32.3 Å². The fourth-order valence-corrected chi connectivity index (χ4v) is 4.05. The van der Waals surface area contributed by atoms with Crippen LogP contribution in [-0.2, 0) is 0 Å². The number of benzene rings is 1. The molecule has 1 aromatic carbocycles. The van der Waals surface area contributed by atoms with Gasteiger partial charge < -0.3 is 10.4 Å². The highest BCUT2D eigenvalue weighted by Gasteiger charge is 2.34. The Kier molecular flexibility index (Phi) is 4.96. The molecule has 18 heavy (non-hydrogen) atoms. The average Bonchev–Trinajstić information content (AvgIpc) is 2.41.